The fourth-order valence-electron chi connectivity index (χ4n) is 6.82. The summed E-state index contributed by atoms with van der Waals surface area (Å²) in [6.45, 7) is 4.50. The van der Waals surface area contributed by atoms with E-state index in [4.69, 9.17) is 9.47 Å². The van der Waals surface area contributed by atoms with Crippen LogP contribution in [0.2, 0.25) is 0 Å². The van der Waals surface area contributed by atoms with Gasteiger partial charge in [0.25, 0.3) is 0 Å². The van der Waals surface area contributed by atoms with Gasteiger partial charge in [0, 0.05) is 23.4 Å². The molecular formula is C50H78CaO8S2. The van der Waals surface area contributed by atoms with Gasteiger partial charge < -0.3 is 29.3 Å². The van der Waals surface area contributed by atoms with E-state index in [2.05, 4.69) is 13.8 Å². The van der Waals surface area contributed by atoms with Crippen LogP contribution in [0.1, 0.15) is 204 Å². The smallest absolute Gasteiger partial charge is 0.550 e. The fourth-order valence-corrected chi connectivity index (χ4v) is 8.47. The molecule has 0 amide bonds. The molecule has 8 nitrogen and oxygen atoms in total. The number of carboxylic acids is 2. The Bertz CT molecular complexity index is 1230. The number of benzene rings is 2. The van der Waals surface area contributed by atoms with Crippen LogP contribution < -0.4 is 10.2 Å². The first-order valence-electron chi connectivity index (χ1n) is 23.3. The average Bonchev–Trinajstić information content (AvgIpc) is 3.24. The number of esters is 2. The van der Waals surface area contributed by atoms with Crippen LogP contribution in [-0.4, -0.2) is 84.6 Å². The van der Waals surface area contributed by atoms with Gasteiger partial charge in [0.1, 0.15) is 12.2 Å². The molecule has 2 atom stereocenters. The SMILES string of the molecule is CCCCCCCCCCCCC(OC(=O)CCSCCC(=O)[O-])c1ccccc1.CCCCCCCCCCCCC(OC(=O)CCSCCC(=O)[O-])c1ccccc1.[Ca+2]. The van der Waals surface area contributed by atoms with E-state index in [0.717, 1.165) is 36.8 Å². The molecule has 0 aliphatic heterocycles. The zero-order valence-electron chi connectivity index (χ0n) is 37.9. The minimum Gasteiger partial charge on any atom is -0.550 e. The molecule has 11 heteroatoms. The molecule has 0 saturated heterocycles. The number of carbonyl (C=O) groups is 4. The molecule has 2 unspecified atom stereocenters. The topological polar surface area (TPSA) is 133 Å². The monoisotopic (exact) mass is 910 g/mol. The molecule has 0 N–H and O–H groups in total. The van der Waals surface area contributed by atoms with Crippen LogP contribution in [0.5, 0.6) is 0 Å². The first kappa shape index (κ1) is 59.3. The van der Waals surface area contributed by atoms with Gasteiger partial charge in [-0.05, 0) is 61.2 Å². The Morgan fingerprint density at radius 3 is 1.02 bits per heavy atom. The van der Waals surface area contributed by atoms with Gasteiger partial charge >= 0.3 is 49.7 Å². The van der Waals surface area contributed by atoms with Gasteiger partial charge in [-0.1, -0.05) is 190 Å². The Labute approximate surface area is 408 Å². The van der Waals surface area contributed by atoms with Crippen molar-refractivity contribution in [3.05, 3.63) is 71.8 Å². The van der Waals surface area contributed by atoms with E-state index in [1.165, 1.54) is 139 Å². The third-order valence-electron chi connectivity index (χ3n) is 10.3. The van der Waals surface area contributed by atoms with Gasteiger partial charge in [0.15, 0.2) is 0 Å². The zero-order valence-corrected chi connectivity index (χ0v) is 41.8. The van der Waals surface area contributed by atoms with Crippen molar-refractivity contribution in [3.63, 3.8) is 0 Å². The summed E-state index contributed by atoms with van der Waals surface area (Å²) in [7, 11) is 0. The number of unbranched alkanes of at least 4 members (excludes halogenated alkanes) is 18. The second-order valence-electron chi connectivity index (χ2n) is 15.7. The molecule has 2 aromatic carbocycles. The van der Waals surface area contributed by atoms with E-state index >= 15 is 0 Å². The van der Waals surface area contributed by atoms with Gasteiger partial charge in [0.2, 0.25) is 0 Å². The summed E-state index contributed by atoms with van der Waals surface area (Å²) in [5.41, 5.74) is 2.10. The van der Waals surface area contributed by atoms with Crippen LogP contribution in [0.15, 0.2) is 60.7 Å². The molecule has 2 rings (SSSR count). The van der Waals surface area contributed by atoms with Crippen molar-refractivity contribution in [1.82, 2.24) is 0 Å². The fraction of sp³-hybridized carbons (Fsp3) is 0.680. The van der Waals surface area contributed by atoms with Crippen LogP contribution in [0.4, 0.5) is 0 Å². The maximum absolute atomic E-state index is 12.2. The Kier molecular flexibility index (Phi) is 42.3. The normalized spacial score (nSPS) is 11.7. The third-order valence-corrected chi connectivity index (χ3v) is 12.3. The summed E-state index contributed by atoms with van der Waals surface area (Å²) in [6, 6.07) is 19.9. The van der Waals surface area contributed by atoms with Gasteiger partial charge in [-0.3, -0.25) is 9.59 Å². The van der Waals surface area contributed by atoms with Crippen LogP contribution in [-0.2, 0) is 28.7 Å². The minimum absolute atomic E-state index is 0. The predicted molar refractivity (Wildman–Crippen MR) is 252 cm³/mol. The van der Waals surface area contributed by atoms with Gasteiger partial charge in [-0.2, -0.15) is 23.5 Å². The van der Waals surface area contributed by atoms with E-state index in [0.29, 0.717) is 35.9 Å². The predicted octanol–water partition coefficient (Wildman–Crippen LogP) is 11.3. The number of ether oxygens (including phenoxy) is 2. The summed E-state index contributed by atoms with van der Waals surface area (Å²) in [5, 5.41) is 20.8. The number of hydrogen-bond acceptors (Lipinski definition) is 10. The number of thioether (sulfide) groups is 2. The summed E-state index contributed by atoms with van der Waals surface area (Å²) >= 11 is 2.89. The second-order valence-corrected chi connectivity index (χ2v) is 18.1. The van der Waals surface area contributed by atoms with Gasteiger partial charge in [-0.15, -0.1) is 0 Å². The van der Waals surface area contributed by atoms with E-state index in [1.54, 1.807) is 0 Å². The molecule has 0 radical (unpaired) electrons. The van der Waals surface area contributed by atoms with Crippen molar-refractivity contribution in [1.29, 1.82) is 0 Å². The summed E-state index contributed by atoms with van der Waals surface area (Å²) < 4.78 is 11.5. The molecule has 0 aromatic heterocycles. The molecule has 0 aliphatic carbocycles. The molecule has 2 aromatic rings. The molecule has 340 valence electrons. The van der Waals surface area contributed by atoms with Gasteiger partial charge in [-0.25, -0.2) is 0 Å². The molecule has 0 saturated carbocycles. The maximum atomic E-state index is 12.2. The molecule has 61 heavy (non-hydrogen) atoms. The Morgan fingerprint density at radius 1 is 0.443 bits per heavy atom. The Hall–Kier alpha value is -1.72. The maximum Gasteiger partial charge on any atom is 2.00 e. The largest absolute Gasteiger partial charge is 2.00 e. The number of carbonyl (C=O) groups excluding carboxylic acids is 4. The number of rotatable bonds is 38. The quantitative estimate of drug-likeness (QED) is 0.0364. The van der Waals surface area contributed by atoms with Gasteiger partial charge in [0.05, 0.1) is 12.8 Å². The average molecular weight is 911 g/mol. The van der Waals surface area contributed by atoms with Crippen molar-refractivity contribution in [2.75, 3.05) is 23.0 Å². The molecule has 0 spiro atoms. The Balaban J connectivity index is 0.00000116. The first-order valence-corrected chi connectivity index (χ1v) is 25.6. The first-order chi connectivity index (χ1) is 29.3. The number of aliphatic carboxylic acids is 2. The minimum atomic E-state index is -1.05. The number of hydrogen-bond donors (Lipinski definition) is 0. The third kappa shape index (κ3) is 37.4. The van der Waals surface area contributed by atoms with Crippen molar-refractivity contribution in [3.8, 4) is 0 Å². The standard InChI is InChI=1S/2C25H40O4S.Ca/c2*1-2-3-4-5-6-7-8-9-10-14-17-23(22-15-12-11-13-16-22)29-25(28)19-21-30-20-18-24(26)27;/h2*11-13,15-16,23H,2-10,14,17-21H2,1H3,(H,26,27);/q;;+2/p-2. The van der Waals surface area contributed by atoms with Crippen molar-refractivity contribution in [2.24, 2.45) is 0 Å². The van der Waals surface area contributed by atoms with E-state index in [9.17, 15) is 29.4 Å². The summed E-state index contributed by atoms with van der Waals surface area (Å²) in [5.74, 6) is -0.435. The molecular weight excluding hydrogens is 833 g/mol. The second kappa shape index (κ2) is 43.5. The van der Waals surface area contributed by atoms with Crippen molar-refractivity contribution in [2.45, 2.75) is 193 Å². The van der Waals surface area contributed by atoms with E-state index < -0.39 is 11.9 Å². The zero-order chi connectivity index (χ0) is 43.7. The van der Waals surface area contributed by atoms with E-state index in [1.807, 2.05) is 60.7 Å². The molecule has 0 fully saturated rings. The molecule has 0 aliphatic rings. The summed E-state index contributed by atoms with van der Waals surface area (Å²) in [4.78, 5) is 45.3. The Morgan fingerprint density at radius 2 is 0.721 bits per heavy atom. The van der Waals surface area contributed by atoms with Crippen LogP contribution in [0.25, 0.3) is 0 Å². The van der Waals surface area contributed by atoms with Crippen molar-refractivity contribution >= 4 is 85.1 Å². The number of carboxylic acid groups (broad SMARTS) is 2. The van der Waals surface area contributed by atoms with Crippen molar-refractivity contribution < 1.29 is 38.9 Å². The molecule has 0 bridgehead atoms. The van der Waals surface area contributed by atoms with Crippen LogP contribution in [0, 0.1) is 0 Å². The van der Waals surface area contributed by atoms with E-state index in [-0.39, 0.29) is 74.7 Å². The van der Waals surface area contributed by atoms with Crippen LogP contribution in [0.3, 0.4) is 0 Å². The molecule has 0 heterocycles. The van der Waals surface area contributed by atoms with Crippen LogP contribution >= 0.6 is 23.5 Å². The summed E-state index contributed by atoms with van der Waals surface area (Å²) in [6.07, 6.45) is 27.7.